The zero-order chi connectivity index (χ0) is 23.8. The van der Waals surface area contributed by atoms with Gasteiger partial charge in [0, 0.05) is 19.3 Å². The van der Waals surface area contributed by atoms with Crippen LogP contribution in [0.4, 0.5) is 5.69 Å². The number of anilines is 1. The number of amides is 2. The Balaban J connectivity index is 1.44. The monoisotopic (exact) mass is 474 g/mol. The van der Waals surface area contributed by atoms with E-state index in [-0.39, 0.29) is 17.9 Å². The summed E-state index contributed by atoms with van der Waals surface area (Å²) in [5, 5.41) is 10.3. The number of thiophene rings is 1. The largest absolute Gasteiger partial charge is 0.368 e. The highest BCUT2D eigenvalue weighted by Gasteiger charge is 2.28. The fourth-order valence-corrected chi connectivity index (χ4v) is 5.38. The molecule has 0 aliphatic carbocycles. The summed E-state index contributed by atoms with van der Waals surface area (Å²) in [5.41, 5.74) is 9.99. The van der Waals surface area contributed by atoms with Crippen LogP contribution in [0.15, 0.2) is 47.8 Å². The smallest absolute Gasteiger partial charge is 0.256 e. The fraction of sp³-hybridized carbons (Fsp3) is 0.280. The molecule has 2 amide bonds. The van der Waals surface area contributed by atoms with Crippen molar-refractivity contribution in [2.24, 2.45) is 12.8 Å². The average Bonchev–Trinajstić information content (AvgIpc) is 3.55. The molecule has 1 aliphatic rings. The van der Waals surface area contributed by atoms with E-state index in [2.05, 4.69) is 15.3 Å². The van der Waals surface area contributed by atoms with E-state index in [9.17, 15) is 9.59 Å². The number of primary amides is 1. The Morgan fingerprint density at radius 2 is 2.09 bits per heavy atom. The summed E-state index contributed by atoms with van der Waals surface area (Å²) < 4.78 is 1.71. The number of carbonyl (C=O) groups excluding carboxylic acids is 2. The number of aryl methyl sites for hydroxylation is 2. The number of hydrogen-bond donors (Lipinski definition) is 2. The van der Waals surface area contributed by atoms with E-state index in [1.807, 2.05) is 61.8 Å². The highest BCUT2D eigenvalue weighted by molar-refractivity contribution is 7.13. The maximum absolute atomic E-state index is 13.5. The number of nitrogens with one attached hydrogen (secondary N) is 1. The highest BCUT2D eigenvalue weighted by atomic mass is 32.1. The first-order valence-electron chi connectivity index (χ1n) is 11.2. The van der Waals surface area contributed by atoms with Gasteiger partial charge in [-0.15, -0.1) is 11.3 Å². The average molecular weight is 475 g/mol. The number of likely N-dealkylation sites (tertiary alicyclic amines) is 1. The van der Waals surface area contributed by atoms with Gasteiger partial charge >= 0.3 is 0 Å². The van der Waals surface area contributed by atoms with Crippen molar-refractivity contribution in [1.82, 2.24) is 19.7 Å². The molecule has 1 fully saturated rings. The van der Waals surface area contributed by atoms with Gasteiger partial charge < -0.3 is 11.1 Å². The molecule has 3 aromatic heterocycles. The van der Waals surface area contributed by atoms with Crippen LogP contribution in [-0.2, 0) is 18.4 Å². The Morgan fingerprint density at radius 3 is 2.85 bits per heavy atom. The molecule has 34 heavy (non-hydrogen) atoms. The van der Waals surface area contributed by atoms with Gasteiger partial charge in [-0.05, 0) is 61.5 Å². The van der Waals surface area contributed by atoms with Crippen LogP contribution in [0.3, 0.4) is 0 Å². The number of aromatic nitrogens is 3. The first-order valence-corrected chi connectivity index (χ1v) is 12.1. The summed E-state index contributed by atoms with van der Waals surface area (Å²) in [6.07, 6.45) is 1.75. The van der Waals surface area contributed by atoms with Crippen molar-refractivity contribution in [3.05, 3.63) is 64.7 Å². The van der Waals surface area contributed by atoms with Crippen LogP contribution in [0.2, 0.25) is 0 Å². The SMILES string of the molecule is Cc1nn(C)c2nc(-c3cccs3)cc(C(=O)Nc3cccc(CN4CCCC4C(N)=O)c3)c12. The van der Waals surface area contributed by atoms with Gasteiger partial charge in [0.2, 0.25) is 5.91 Å². The van der Waals surface area contributed by atoms with E-state index in [0.717, 1.165) is 46.6 Å². The molecule has 1 atom stereocenters. The van der Waals surface area contributed by atoms with Gasteiger partial charge in [0.05, 0.1) is 33.3 Å². The van der Waals surface area contributed by atoms with Gasteiger partial charge in [-0.2, -0.15) is 5.10 Å². The first-order chi connectivity index (χ1) is 16.4. The predicted molar refractivity (Wildman–Crippen MR) is 134 cm³/mol. The number of fused-ring (bicyclic) bond motifs is 1. The van der Waals surface area contributed by atoms with E-state index >= 15 is 0 Å². The van der Waals surface area contributed by atoms with Crippen molar-refractivity contribution in [2.45, 2.75) is 32.4 Å². The Morgan fingerprint density at radius 1 is 1.24 bits per heavy atom. The number of nitrogens with two attached hydrogens (primary N) is 1. The molecular weight excluding hydrogens is 448 g/mol. The second-order valence-electron chi connectivity index (χ2n) is 8.63. The Labute approximate surface area is 201 Å². The molecule has 0 bridgehead atoms. The molecule has 1 unspecified atom stereocenters. The lowest BCUT2D eigenvalue weighted by molar-refractivity contribution is -0.122. The number of pyridine rings is 1. The normalized spacial score (nSPS) is 16.2. The summed E-state index contributed by atoms with van der Waals surface area (Å²) in [6, 6.07) is 13.3. The Hall–Kier alpha value is -3.56. The van der Waals surface area contributed by atoms with E-state index in [0.29, 0.717) is 23.4 Å². The quantitative estimate of drug-likeness (QED) is 0.443. The summed E-state index contributed by atoms with van der Waals surface area (Å²) in [5.74, 6) is -0.494. The van der Waals surface area contributed by atoms with Crippen molar-refractivity contribution in [3.63, 3.8) is 0 Å². The predicted octanol–water partition coefficient (Wildman–Crippen LogP) is 3.71. The number of benzene rings is 1. The van der Waals surface area contributed by atoms with E-state index in [4.69, 9.17) is 10.7 Å². The molecule has 5 rings (SSSR count). The minimum atomic E-state index is -0.281. The molecule has 1 aromatic carbocycles. The van der Waals surface area contributed by atoms with Crippen LogP contribution in [-0.4, -0.2) is 44.1 Å². The molecule has 4 heterocycles. The molecule has 1 aliphatic heterocycles. The van der Waals surface area contributed by atoms with Gasteiger partial charge in [0.25, 0.3) is 5.91 Å². The molecule has 3 N–H and O–H groups in total. The third kappa shape index (κ3) is 4.20. The Kier molecular flexibility index (Phi) is 5.89. The number of rotatable bonds is 6. The topological polar surface area (TPSA) is 106 Å². The summed E-state index contributed by atoms with van der Waals surface area (Å²) in [4.78, 5) is 33.1. The van der Waals surface area contributed by atoms with Gasteiger partial charge in [0.1, 0.15) is 0 Å². The lowest BCUT2D eigenvalue weighted by Gasteiger charge is -2.22. The fourth-order valence-electron chi connectivity index (χ4n) is 4.69. The minimum Gasteiger partial charge on any atom is -0.368 e. The summed E-state index contributed by atoms with van der Waals surface area (Å²) in [6.45, 7) is 3.34. The van der Waals surface area contributed by atoms with E-state index < -0.39 is 0 Å². The number of nitrogens with zero attached hydrogens (tertiary/aromatic N) is 4. The van der Waals surface area contributed by atoms with Crippen molar-refractivity contribution in [2.75, 3.05) is 11.9 Å². The minimum absolute atomic E-state index is 0.213. The van der Waals surface area contributed by atoms with Crippen molar-refractivity contribution >= 4 is 39.9 Å². The number of hydrogen-bond acceptors (Lipinski definition) is 6. The van der Waals surface area contributed by atoms with Gasteiger partial charge in [-0.25, -0.2) is 4.98 Å². The molecule has 8 nitrogen and oxygen atoms in total. The van der Waals surface area contributed by atoms with Crippen molar-refractivity contribution in [1.29, 1.82) is 0 Å². The maximum atomic E-state index is 13.5. The lowest BCUT2D eigenvalue weighted by Crippen LogP contribution is -2.39. The van der Waals surface area contributed by atoms with Gasteiger partial charge in [-0.3, -0.25) is 19.2 Å². The zero-order valence-corrected chi connectivity index (χ0v) is 19.9. The summed E-state index contributed by atoms with van der Waals surface area (Å²) in [7, 11) is 1.84. The van der Waals surface area contributed by atoms with Crippen molar-refractivity contribution in [3.8, 4) is 10.6 Å². The third-order valence-electron chi connectivity index (χ3n) is 6.25. The highest BCUT2D eigenvalue weighted by Crippen LogP contribution is 2.30. The Bertz CT molecular complexity index is 1380. The van der Waals surface area contributed by atoms with Crippen LogP contribution in [0.25, 0.3) is 21.6 Å². The second-order valence-corrected chi connectivity index (χ2v) is 9.57. The lowest BCUT2D eigenvalue weighted by atomic mass is 10.1. The van der Waals surface area contributed by atoms with Crippen LogP contribution in [0.1, 0.15) is 34.5 Å². The van der Waals surface area contributed by atoms with E-state index in [1.165, 1.54) is 0 Å². The van der Waals surface area contributed by atoms with Crippen molar-refractivity contribution < 1.29 is 9.59 Å². The van der Waals surface area contributed by atoms with Gasteiger partial charge in [-0.1, -0.05) is 18.2 Å². The molecule has 0 spiro atoms. The molecule has 4 aromatic rings. The summed E-state index contributed by atoms with van der Waals surface area (Å²) >= 11 is 1.58. The van der Waals surface area contributed by atoms with Crippen LogP contribution < -0.4 is 11.1 Å². The second kappa shape index (κ2) is 9.00. The standard InChI is InChI=1S/C25H26N6O2S/c1-15-22-18(13-19(21-9-5-11-34-21)28-24(22)30(2)29-15)25(33)27-17-7-3-6-16(12-17)14-31-10-4-8-20(31)23(26)32/h3,5-7,9,11-13,20H,4,8,10,14H2,1-2H3,(H2,26,32)(H,27,33). The number of carbonyl (C=O) groups is 2. The molecule has 0 saturated carbocycles. The van der Waals surface area contributed by atoms with Crippen LogP contribution in [0.5, 0.6) is 0 Å². The molecule has 174 valence electrons. The van der Waals surface area contributed by atoms with Crippen LogP contribution in [0, 0.1) is 6.92 Å². The first kappa shape index (κ1) is 22.2. The molecule has 9 heteroatoms. The molecular formula is C25H26N6O2S. The third-order valence-corrected chi connectivity index (χ3v) is 7.14. The zero-order valence-electron chi connectivity index (χ0n) is 19.1. The van der Waals surface area contributed by atoms with Crippen LogP contribution >= 0.6 is 11.3 Å². The molecule has 1 saturated heterocycles. The van der Waals surface area contributed by atoms with E-state index in [1.54, 1.807) is 16.0 Å². The molecule has 0 radical (unpaired) electrons. The van der Waals surface area contributed by atoms with Gasteiger partial charge in [0.15, 0.2) is 5.65 Å². The maximum Gasteiger partial charge on any atom is 0.256 e.